The monoisotopic (exact) mass is 483 g/mol. The summed E-state index contributed by atoms with van der Waals surface area (Å²) in [6.45, 7) is 24.5. The predicted octanol–water partition coefficient (Wildman–Crippen LogP) is 8.17. The van der Waals surface area contributed by atoms with Crippen LogP contribution in [0.4, 0.5) is 5.69 Å². The van der Waals surface area contributed by atoms with Crippen LogP contribution < -0.4 is 4.90 Å². The molecule has 2 aromatic rings. The molecule has 0 heterocycles. The first-order valence-electron chi connectivity index (χ1n) is 10.9. The van der Waals surface area contributed by atoms with Gasteiger partial charge in [-0.05, 0) is 57.2 Å². The zero-order valence-corrected chi connectivity index (χ0v) is 22.3. The molecule has 0 radical (unpaired) electrons. The van der Waals surface area contributed by atoms with Gasteiger partial charge in [-0.25, -0.2) is 0 Å². The zero-order valence-electron chi connectivity index (χ0n) is 20.7. The lowest BCUT2D eigenvalue weighted by Crippen LogP contribution is -2.36. The van der Waals surface area contributed by atoms with Gasteiger partial charge in [0.2, 0.25) is 0 Å². The summed E-state index contributed by atoms with van der Waals surface area (Å²) in [5.41, 5.74) is 5.12. The molecular weight excluding hydrogens is 446 g/mol. The van der Waals surface area contributed by atoms with E-state index in [1.54, 1.807) is 0 Å². The third-order valence-corrected chi connectivity index (χ3v) is 6.04. The van der Waals surface area contributed by atoms with Crippen LogP contribution in [0.5, 0.6) is 0 Å². The topological polar surface area (TPSA) is 20.3 Å². The highest BCUT2D eigenvalue weighted by Gasteiger charge is 2.33. The third-order valence-electron chi connectivity index (χ3n) is 5.51. The van der Waals surface area contributed by atoms with Crippen LogP contribution in [0, 0.1) is 0 Å². The Morgan fingerprint density at radius 2 is 1.32 bits per heavy atom. The minimum Gasteiger partial charge on any atom is -0.304 e. The Hall–Kier alpha value is -1.87. The zero-order chi connectivity index (χ0) is 23.8. The first kappa shape index (κ1) is 25.4. The summed E-state index contributed by atoms with van der Waals surface area (Å²) < 4.78 is 0.958. The highest BCUT2D eigenvalue weighted by molar-refractivity contribution is 9.10. The molecule has 0 saturated carbocycles. The summed E-state index contributed by atoms with van der Waals surface area (Å²) >= 11 is 3.47. The van der Waals surface area contributed by atoms with E-state index in [9.17, 15) is 4.79 Å². The Morgan fingerprint density at radius 1 is 0.871 bits per heavy atom. The maximum Gasteiger partial charge on any atom is 0.258 e. The second-order valence-electron chi connectivity index (χ2n) is 11.4. The molecule has 2 nitrogen and oxygen atoms in total. The average molecular weight is 485 g/mol. The highest BCUT2D eigenvalue weighted by atomic mass is 79.9. The molecule has 0 bridgehead atoms. The summed E-state index contributed by atoms with van der Waals surface area (Å²) in [4.78, 5) is 15.7. The Morgan fingerprint density at radius 3 is 1.68 bits per heavy atom. The number of halogens is 1. The molecule has 0 N–H and O–H groups in total. The molecule has 0 unspecified atom stereocenters. The fourth-order valence-electron chi connectivity index (χ4n) is 3.65. The van der Waals surface area contributed by atoms with E-state index in [-0.39, 0.29) is 22.2 Å². The molecule has 0 spiro atoms. The molecule has 0 aliphatic carbocycles. The molecule has 0 atom stereocenters. The van der Waals surface area contributed by atoms with Gasteiger partial charge in [0.25, 0.3) is 5.91 Å². The molecule has 31 heavy (non-hydrogen) atoms. The number of hydrogen-bond donors (Lipinski definition) is 0. The molecule has 3 heteroatoms. The van der Waals surface area contributed by atoms with Crippen LogP contribution in [-0.4, -0.2) is 12.5 Å². The van der Waals surface area contributed by atoms with Crippen molar-refractivity contribution in [1.82, 2.24) is 0 Å². The lowest BCUT2D eigenvalue weighted by atomic mass is 9.73. The first-order valence-corrected chi connectivity index (χ1v) is 11.7. The number of rotatable bonds is 4. The third kappa shape index (κ3) is 5.88. The fourth-order valence-corrected chi connectivity index (χ4v) is 3.92. The van der Waals surface area contributed by atoms with E-state index in [1.807, 2.05) is 35.2 Å². The summed E-state index contributed by atoms with van der Waals surface area (Å²) in [6.07, 6.45) is 1.81. The molecule has 0 aliphatic heterocycles. The molecular formula is C28H38BrNO. The molecule has 0 aliphatic rings. The summed E-state index contributed by atoms with van der Waals surface area (Å²) in [5.74, 6) is -0.00749. The quantitative estimate of drug-likeness (QED) is 0.401. The van der Waals surface area contributed by atoms with Crippen molar-refractivity contribution in [1.29, 1.82) is 0 Å². The van der Waals surface area contributed by atoms with E-state index >= 15 is 0 Å². The maximum absolute atomic E-state index is 13.7. The van der Waals surface area contributed by atoms with Gasteiger partial charge in [0, 0.05) is 16.6 Å². The Balaban J connectivity index is 2.90. The van der Waals surface area contributed by atoms with Gasteiger partial charge in [-0.1, -0.05) is 96.5 Å². The molecule has 1 amide bonds. The van der Waals surface area contributed by atoms with Crippen molar-refractivity contribution in [3.05, 3.63) is 75.8 Å². The number of hydrogen-bond acceptors (Lipinski definition) is 1. The lowest BCUT2D eigenvalue weighted by molar-refractivity contribution is 0.0989. The van der Waals surface area contributed by atoms with Gasteiger partial charge >= 0.3 is 0 Å². The molecule has 2 aromatic carbocycles. The van der Waals surface area contributed by atoms with E-state index < -0.39 is 0 Å². The van der Waals surface area contributed by atoms with Crippen molar-refractivity contribution < 1.29 is 4.79 Å². The number of carbonyl (C=O) groups excluding carboxylic acids is 1. The van der Waals surface area contributed by atoms with Gasteiger partial charge in [-0.15, -0.1) is 6.58 Å². The molecule has 168 valence electrons. The minimum absolute atomic E-state index is 0.00749. The minimum atomic E-state index is -0.129. The number of benzene rings is 2. The number of carbonyl (C=O) groups is 1. The fraction of sp³-hybridized carbons (Fsp3) is 0.464. The molecule has 0 saturated heterocycles. The van der Waals surface area contributed by atoms with E-state index in [4.69, 9.17) is 0 Å². The number of amides is 1. The SMILES string of the molecule is C=CCN(C(=O)c1ccc(Br)cc1)c1c(C(C)(C)C)cc(C(C)(C)C)cc1C(C)(C)C. The maximum atomic E-state index is 13.7. The second-order valence-corrected chi connectivity index (χ2v) is 12.3. The van der Waals surface area contributed by atoms with Crippen molar-refractivity contribution in [2.45, 2.75) is 78.6 Å². The van der Waals surface area contributed by atoms with E-state index in [2.05, 4.69) is 97.0 Å². The van der Waals surface area contributed by atoms with Crippen LogP contribution in [0.25, 0.3) is 0 Å². The van der Waals surface area contributed by atoms with Crippen molar-refractivity contribution >= 4 is 27.5 Å². The van der Waals surface area contributed by atoms with Gasteiger partial charge in [0.05, 0.1) is 5.69 Å². The van der Waals surface area contributed by atoms with Crippen LogP contribution >= 0.6 is 15.9 Å². The normalized spacial score (nSPS) is 12.6. The van der Waals surface area contributed by atoms with Crippen molar-refractivity contribution in [2.75, 3.05) is 11.4 Å². The van der Waals surface area contributed by atoms with Gasteiger partial charge < -0.3 is 4.90 Å². The summed E-state index contributed by atoms with van der Waals surface area (Å²) in [7, 11) is 0. The van der Waals surface area contributed by atoms with E-state index in [0.717, 1.165) is 10.2 Å². The van der Waals surface area contributed by atoms with Gasteiger partial charge in [-0.2, -0.15) is 0 Å². The first-order chi connectivity index (χ1) is 14.1. The number of anilines is 1. The highest BCUT2D eigenvalue weighted by Crippen LogP contribution is 2.43. The molecule has 0 aromatic heterocycles. The Labute approximate surface area is 197 Å². The largest absolute Gasteiger partial charge is 0.304 e. The van der Waals surface area contributed by atoms with Crippen molar-refractivity contribution in [3.8, 4) is 0 Å². The summed E-state index contributed by atoms with van der Waals surface area (Å²) in [6, 6.07) is 12.2. The van der Waals surface area contributed by atoms with Crippen LogP contribution in [0.15, 0.2) is 53.5 Å². The smallest absolute Gasteiger partial charge is 0.258 e. The van der Waals surface area contributed by atoms with Crippen LogP contribution in [-0.2, 0) is 16.2 Å². The number of nitrogens with zero attached hydrogens (tertiary/aromatic N) is 1. The Bertz CT molecular complexity index is 915. The molecule has 2 rings (SSSR count). The van der Waals surface area contributed by atoms with Gasteiger partial charge in [0.1, 0.15) is 0 Å². The van der Waals surface area contributed by atoms with Gasteiger partial charge in [0.15, 0.2) is 0 Å². The standard InChI is InChI=1S/C28H38BrNO/c1-11-16-30(25(31)19-12-14-21(29)15-13-19)24-22(27(5,6)7)17-20(26(2,3)4)18-23(24)28(8,9)10/h11-15,17-18H,1,16H2,2-10H3. The predicted molar refractivity (Wildman–Crippen MR) is 139 cm³/mol. The lowest BCUT2D eigenvalue weighted by Gasteiger charge is -2.37. The van der Waals surface area contributed by atoms with Crippen molar-refractivity contribution in [2.24, 2.45) is 0 Å². The molecule has 0 fully saturated rings. The van der Waals surface area contributed by atoms with Crippen LogP contribution in [0.1, 0.15) is 89.4 Å². The van der Waals surface area contributed by atoms with Crippen molar-refractivity contribution in [3.63, 3.8) is 0 Å². The summed E-state index contributed by atoms with van der Waals surface area (Å²) in [5, 5.41) is 0. The average Bonchev–Trinajstić information content (AvgIpc) is 2.63. The van der Waals surface area contributed by atoms with E-state index in [1.165, 1.54) is 16.7 Å². The van der Waals surface area contributed by atoms with Gasteiger partial charge in [-0.3, -0.25) is 4.79 Å². The second kappa shape index (κ2) is 8.94. The van der Waals surface area contributed by atoms with Crippen LogP contribution in [0.2, 0.25) is 0 Å². The van der Waals surface area contributed by atoms with Crippen LogP contribution in [0.3, 0.4) is 0 Å². The Kier molecular flexibility index (Phi) is 7.32. The van der Waals surface area contributed by atoms with E-state index in [0.29, 0.717) is 12.1 Å².